The van der Waals surface area contributed by atoms with Crippen molar-refractivity contribution in [3.05, 3.63) is 63.6 Å². The van der Waals surface area contributed by atoms with Gasteiger partial charge >= 0.3 is 5.76 Å². The normalized spacial score (nSPS) is 15.8. The van der Waals surface area contributed by atoms with Crippen molar-refractivity contribution in [3.63, 3.8) is 0 Å². The molecule has 1 saturated heterocycles. The number of oxazole rings is 1. The number of carbonyl (C=O) groups excluding carboxylic acids is 1. The van der Waals surface area contributed by atoms with Crippen LogP contribution in [0.3, 0.4) is 0 Å². The molecule has 1 fully saturated rings. The number of fused-ring (bicyclic) bond motifs is 1. The molecule has 2 aromatic carbocycles. The number of aromatic nitrogens is 1. The highest BCUT2D eigenvalue weighted by molar-refractivity contribution is 7.89. The van der Waals surface area contributed by atoms with Gasteiger partial charge in [-0.15, -0.1) is 0 Å². The molecule has 2 heterocycles. The van der Waals surface area contributed by atoms with Crippen LogP contribution < -0.4 is 11.1 Å². The third-order valence-corrected chi connectivity index (χ3v) is 7.80. The van der Waals surface area contributed by atoms with E-state index in [1.807, 2.05) is 19.1 Å². The molecule has 170 valence electrons. The quantitative estimate of drug-likeness (QED) is 0.562. The van der Waals surface area contributed by atoms with E-state index in [0.29, 0.717) is 23.6 Å². The molecule has 1 aliphatic rings. The summed E-state index contributed by atoms with van der Waals surface area (Å²) in [6.07, 6.45) is 1.75. The van der Waals surface area contributed by atoms with Gasteiger partial charge in [0.05, 0.1) is 16.5 Å². The maximum absolute atomic E-state index is 12.8. The fraction of sp³-hybridized carbons (Fsp3) is 0.364. The molecule has 0 saturated carbocycles. The second-order valence-electron chi connectivity index (χ2n) is 7.85. The molecular weight excluding hydrogens is 454 g/mol. The van der Waals surface area contributed by atoms with Crippen LogP contribution >= 0.6 is 11.6 Å². The molecule has 1 amide bonds. The van der Waals surface area contributed by atoms with Gasteiger partial charge in [-0.1, -0.05) is 23.7 Å². The Kier molecular flexibility index (Phi) is 6.41. The molecule has 0 bridgehead atoms. The maximum atomic E-state index is 12.8. The fourth-order valence-corrected chi connectivity index (χ4v) is 5.52. The second-order valence-corrected chi connectivity index (χ2v) is 10.2. The SMILES string of the molecule is C[C@@H](NC(=O)CCn1c(=O)oc2cc(S(=O)(=O)N3CCCC3)ccc21)c1ccc(Cl)cc1. The highest BCUT2D eigenvalue weighted by Gasteiger charge is 2.28. The lowest BCUT2D eigenvalue weighted by Crippen LogP contribution is -2.28. The molecule has 4 rings (SSSR count). The van der Waals surface area contributed by atoms with Gasteiger partial charge in [0.25, 0.3) is 0 Å². The average molecular weight is 478 g/mol. The number of sulfonamides is 1. The Balaban J connectivity index is 1.46. The van der Waals surface area contributed by atoms with Crippen molar-refractivity contribution in [2.24, 2.45) is 0 Å². The Labute approximate surface area is 190 Å². The van der Waals surface area contributed by atoms with E-state index in [9.17, 15) is 18.0 Å². The van der Waals surface area contributed by atoms with E-state index in [1.54, 1.807) is 18.2 Å². The molecule has 1 aliphatic heterocycles. The molecule has 0 radical (unpaired) electrons. The highest BCUT2D eigenvalue weighted by atomic mass is 35.5. The van der Waals surface area contributed by atoms with Crippen LogP contribution in [-0.2, 0) is 21.4 Å². The van der Waals surface area contributed by atoms with Gasteiger partial charge in [-0.3, -0.25) is 9.36 Å². The Bertz CT molecular complexity index is 1290. The summed E-state index contributed by atoms with van der Waals surface area (Å²) in [7, 11) is -3.61. The van der Waals surface area contributed by atoms with E-state index < -0.39 is 15.8 Å². The van der Waals surface area contributed by atoms with Crippen LogP contribution in [0, 0.1) is 0 Å². The van der Waals surface area contributed by atoms with Crippen LogP contribution in [0.5, 0.6) is 0 Å². The minimum Gasteiger partial charge on any atom is -0.408 e. The molecule has 1 aromatic heterocycles. The van der Waals surface area contributed by atoms with Crippen molar-refractivity contribution in [1.82, 2.24) is 14.2 Å². The van der Waals surface area contributed by atoms with E-state index in [1.165, 1.54) is 21.0 Å². The standard InChI is InChI=1S/C22H24ClN3O5S/c1-15(16-4-6-17(23)7-5-16)24-21(27)10-13-26-19-9-8-18(14-20(19)31-22(26)28)32(29,30)25-11-2-3-12-25/h4-9,14-15H,2-3,10-13H2,1H3,(H,24,27)/t15-/m1/s1. The summed E-state index contributed by atoms with van der Waals surface area (Å²) >= 11 is 5.89. The van der Waals surface area contributed by atoms with Gasteiger partial charge in [0.2, 0.25) is 15.9 Å². The third kappa shape index (κ3) is 4.60. The number of aryl methyl sites for hydroxylation is 1. The summed E-state index contributed by atoms with van der Waals surface area (Å²) in [4.78, 5) is 24.8. The van der Waals surface area contributed by atoms with Gasteiger partial charge < -0.3 is 9.73 Å². The predicted molar refractivity (Wildman–Crippen MR) is 121 cm³/mol. The van der Waals surface area contributed by atoms with E-state index >= 15 is 0 Å². The number of carbonyl (C=O) groups is 1. The van der Waals surface area contributed by atoms with Crippen molar-refractivity contribution in [2.45, 2.75) is 43.7 Å². The Morgan fingerprint density at radius 2 is 1.84 bits per heavy atom. The molecule has 32 heavy (non-hydrogen) atoms. The number of hydrogen-bond acceptors (Lipinski definition) is 5. The second kappa shape index (κ2) is 9.09. The molecule has 1 atom stereocenters. The summed E-state index contributed by atoms with van der Waals surface area (Å²) in [6.45, 7) is 2.97. The van der Waals surface area contributed by atoms with Gasteiger partial charge in [0.1, 0.15) is 0 Å². The lowest BCUT2D eigenvalue weighted by atomic mass is 10.1. The zero-order valence-electron chi connectivity index (χ0n) is 17.6. The number of nitrogens with one attached hydrogen (secondary N) is 1. The van der Waals surface area contributed by atoms with Crippen LogP contribution in [0.2, 0.25) is 5.02 Å². The largest absolute Gasteiger partial charge is 0.419 e. The van der Waals surface area contributed by atoms with Crippen molar-refractivity contribution in [1.29, 1.82) is 0 Å². The molecule has 3 aromatic rings. The summed E-state index contributed by atoms with van der Waals surface area (Å²) < 4.78 is 33.6. The molecular formula is C22H24ClN3O5S. The first kappa shape index (κ1) is 22.6. The van der Waals surface area contributed by atoms with Crippen LogP contribution in [-0.4, -0.2) is 36.3 Å². The number of nitrogens with zero attached hydrogens (tertiary/aromatic N) is 2. The van der Waals surface area contributed by atoms with E-state index in [4.69, 9.17) is 16.0 Å². The zero-order valence-corrected chi connectivity index (χ0v) is 19.2. The van der Waals surface area contributed by atoms with Crippen molar-refractivity contribution < 1.29 is 17.6 Å². The zero-order chi connectivity index (χ0) is 22.9. The Morgan fingerprint density at radius 3 is 2.53 bits per heavy atom. The lowest BCUT2D eigenvalue weighted by molar-refractivity contribution is -0.121. The fourth-order valence-electron chi connectivity index (χ4n) is 3.86. The van der Waals surface area contributed by atoms with Crippen LogP contribution in [0.25, 0.3) is 11.1 Å². The molecule has 1 N–H and O–H groups in total. The first-order valence-electron chi connectivity index (χ1n) is 10.4. The van der Waals surface area contributed by atoms with Gasteiger partial charge in [0.15, 0.2) is 5.58 Å². The summed E-state index contributed by atoms with van der Waals surface area (Å²) in [6, 6.07) is 11.4. The number of halogens is 1. The van der Waals surface area contributed by atoms with Crippen molar-refractivity contribution >= 4 is 38.6 Å². The predicted octanol–water partition coefficient (Wildman–Crippen LogP) is 3.30. The van der Waals surface area contributed by atoms with Crippen LogP contribution in [0.4, 0.5) is 0 Å². The molecule has 8 nitrogen and oxygen atoms in total. The summed E-state index contributed by atoms with van der Waals surface area (Å²) in [5.41, 5.74) is 1.56. The highest BCUT2D eigenvalue weighted by Crippen LogP contribution is 2.24. The van der Waals surface area contributed by atoms with Crippen LogP contribution in [0.1, 0.15) is 37.8 Å². The number of hydrogen-bond donors (Lipinski definition) is 1. The first-order chi connectivity index (χ1) is 15.3. The minimum absolute atomic E-state index is 0.0697. The number of rotatable bonds is 7. The average Bonchev–Trinajstić information content (AvgIpc) is 3.40. The topological polar surface area (TPSA) is 102 Å². The van der Waals surface area contributed by atoms with E-state index in [-0.39, 0.29) is 35.4 Å². The third-order valence-electron chi connectivity index (χ3n) is 5.65. The summed E-state index contributed by atoms with van der Waals surface area (Å²) in [5, 5.41) is 3.51. The molecule has 0 aliphatic carbocycles. The summed E-state index contributed by atoms with van der Waals surface area (Å²) in [5.74, 6) is -0.851. The van der Waals surface area contributed by atoms with E-state index in [2.05, 4.69) is 5.32 Å². The minimum atomic E-state index is -3.61. The number of benzene rings is 2. The number of amides is 1. The van der Waals surface area contributed by atoms with Crippen LogP contribution in [0.15, 0.2) is 56.6 Å². The van der Waals surface area contributed by atoms with Gasteiger partial charge in [0, 0.05) is 37.1 Å². The van der Waals surface area contributed by atoms with Gasteiger partial charge in [-0.25, -0.2) is 13.2 Å². The van der Waals surface area contributed by atoms with Gasteiger partial charge in [-0.2, -0.15) is 4.31 Å². The molecule has 0 spiro atoms. The Morgan fingerprint density at radius 1 is 1.16 bits per heavy atom. The molecule has 10 heteroatoms. The van der Waals surface area contributed by atoms with E-state index in [0.717, 1.165) is 18.4 Å². The first-order valence-corrected chi connectivity index (χ1v) is 12.3. The Hall–Kier alpha value is -2.62. The van der Waals surface area contributed by atoms with Crippen molar-refractivity contribution in [2.75, 3.05) is 13.1 Å². The van der Waals surface area contributed by atoms with Gasteiger partial charge in [-0.05, 0) is 49.6 Å². The lowest BCUT2D eigenvalue weighted by Gasteiger charge is -2.15. The van der Waals surface area contributed by atoms with Crippen molar-refractivity contribution in [3.8, 4) is 0 Å². The maximum Gasteiger partial charge on any atom is 0.419 e. The smallest absolute Gasteiger partial charge is 0.408 e. The monoisotopic (exact) mass is 477 g/mol. The molecule has 0 unspecified atom stereocenters.